The van der Waals surface area contributed by atoms with Crippen LogP contribution in [-0.2, 0) is 18.8 Å². The fourth-order valence-electron chi connectivity index (χ4n) is 0.385. The second-order valence-electron chi connectivity index (χ2n) is 1.60. The fourth-order valence-corrected chi connectivity index (χ4v) is 1.16. The highest BCUT2D eigenvalue weighted by molar-refractivity contribution is 7.82. The molecular weight excluding hydrogens is 168 g/mol. The van der Waals surface area contributed by atoms with Gasteiger partial charge in [0.15, 0.2) is 0 Å². The number of aliphatic hydroxyl groups excluding tert-OH is 1. The van der Waals surface area contributed by atoms with E-state index in [0.717, 1.165) is 0 Å². The zero-order valence-corrected chi connectivity index (χ0v) is 5.28. The van der Waals surface area contributed by atoms with Crippen LogP contribution in [0.4, 0.5) is 0 Å². The lowest BCUT2D eigenvalue weighted by molar-refractivity contribution is -0.345. The van der Waals surface area contributed by atoms with Crippen LogP contribution >= 0.6 is 0 Å². The Bertz CT molecular complexity index is 226. The van der Waals surface area contributed by atoms with Gasteiger partial charge in [-0.25, -0.2) is 4.18 Å². The summed E-state index contributed by atoms with van der Waals surface area (Å²) >= 11 is 0. The first kappa shape index (κ1) is 7.85. The summed E-state index contributed by atoms with van der Waals surface area (Å²) in [5.41, 5.74) is 0. The molecule has 0 bridgehead atoms. The molecule has 1 atom stereocenters. The molecule has 3 N–H and O–H groups in total. The van der Waals surface area contributed by atoms with Gasteiger partial charge < -0.3 is 15.3 Å². The number of hydrogen-bond acceptors (Lipinski definition) is 7. The van der Waals surface area contributed by atoms with Crippen LogP contribution in [-0.4, -0.2) is 36.0 Å². The molecule has 0 saturated carbocycles. The molecule has 0 aromatic rings. The highest BCUT2D eigenvalue weighted by Crippen LogP contribution is 2.24. The van der Waals surface area contributed by atoms with Gasteiger partial charge in [-0.1, -0.05) is 0 Å². The van der Waals surface area contributed by atoms with Crippen molar-refractivity contribution in [3.05, 3.63) is 0 Å². The largest absolute Gasteiger partial charge is 0.407 e. The molecule has 0 spiro atoms. The van der Waals surface area contributed by atoms with E-state index in [1.54, 1.807) is 0 Å². The van der Waals surface area contributed by atoms with E-state index >= 15 is 0 Å². The molecule has 0 aromatic heterocycles. The number of aliphatic hydroxyl groups is 3. The zero-order valence-electron chi connectivity index (χ0n) is 4.46. The molecule has 1 unspecified atom stereocenters. The van der Waals surface area contributed by atoms with Gasteiger partial charge in [-0.2, -0.15) is 12.6 Å². The number of rotatable bonds is 0. The van der Waals surface area contributed by atoms with Gasteiger partial charge >= 0.3 is 16.4 Å². The Morgan fingerprint density at radius 3 is 2.00 bits per heavy atom. The average molecular weight is 172 g/mol. The van der Waals surface area contributed by atoms with Crippen molar-refractivity contribution in [1.29, 1.82) is 0 Å². The van der Waals surface area contributed by atoms with Crippen molar-refractivity contribution in [2.75, 3.05) is 0 Å². The highest BCUT2D eigenvalue weighted by Gasteiger charge is 2.51. The van der Waals surface area contributed by atoms with Crippen molar-refractivity contribution >= 4 is 10.4 Å². The van der Waals surface area contributed by atoms with E-state index in [1.807, 2.05) is 0 Å². The fraction of sp³-hybridized carbons (Fsp3) is 1.00. The molecule has 0 radical (unpaired) electrons. The van der Waals surface area contributed by atoms with Crippen LogP contribution in [0, 0.1) is 0 Å². The molecule has 8 heteroatoms. The molecule has 1 fully saturated rings. The van der Waals surface area contributed by atoms with Crippen LogP contribution < -0.4 is 0 Å². The van der Waals surface area contributed by atoms with E-state index in [9.17, 15) is 8.42 Å². The summed E-state index contributed by atoms with van der Waals surface area (Å²) in [4.78, 5) is 0. The standard InChI is InChI=1S/C2H4O7S/c3-1-2(4,5)9-10(6,7)8-1/h1,3-5H. The quantitative estimate of drug-likeness (QED) is 0.339. The summed E-state index contributed by atoms with van der Waals surface area (Å²) in [6.45, 7) is 0. The molecule has 7 nitrogen and oxygen atoms in total. The van der Waals surface area contributed by atoms with Gasteiger partial charge in [0, 0.05) is 0 Å². The van der Waals surface area contributed by atoms with Gasteiger partial charge in [-0.15, -0.1) is 0 Å². The van der Waals surface area contributed by atoms with Crippen molar-refractivity contribution in [3.8, 4) is 0 Å². The van der Waals surface area contributed by atoms with E-state index < -0.39 is 22.7 Å². The Kier molecular flexibility index (Phi) is 1.47. The summed E-state index contributed by atoms with van der Waals surface area (Å²) in [7, 11) is -4.45. The topological polar surface area (TPSA) is 113 Å². The van der Waals surface area contributed by atoms with Crippen LogP contribution in [0.2, 0.25) is 0 Å². The first-order valence-electron chi connectivity index (χ1n) is 2.10. The normalized spacial score (nSPS) is 36.1. The predicted molar refractivity (Wildman–Crippen MR) is 24.3 cm³/mol. The summed E-state index contributed by atoms with van der Waals surface area (Å²) in [5, 5.41) is 25.1. The molecule has 1 aliphatic rings. The summed E-state index contributed by atoms with van der Waals surface area (Å²) in [6.07, 6.45) is -2.29. The predicted octanol–water partition coefficient (Wildman–Crippen LogP) is -2.77. The van der Waals surface area contributed by atoms with Crippen molar-refractivity contribution < 1.29 is 32.1 Å². The molecule has 60 valence electrons. The third kappa shape index (κ3) is 1.26. The number of hydrogen-bond donors (Lipinski definition) is 3. The minimum Gasteiger partial charge on any atom is -0.361 e. The first-order valence-corrected chi connectivity index (χ1v) is 3.43. The minimum atomic E-state index is -4.45. The first-order chi connectivity index (χ1) is 4.33. The second kappa shape index (κ2) is 1.87. The Hall–Kier alpha value is -0.250. The summed E-state index contributed by atoms with van der Waals surface area (Å²) < 4.78 is 27.3. The van der Waals surface area contributed by atoms with Gasteiger partial charge in [0.25, 0.3) is 6.29 Å². The molecule has 1 rings (SSSR count). The van der Waals surface area contributed by atoms with Crippen molar-refractivity contribution in [1.82, 2.24) is 0 Å². The Morgan fingerprint density at radius 1 is 1.40 bits per heavy atom. The Morgan fingerprint density at radius 2 is 1.90 bits per heavy atom. The van der Waals surface area contributed by atoms with Gasteiger partial charge in [0.05, 0.1) is 0 Å². The zero-order chi connectivity index (χ0) is 7.99. The Labute approximate surface area is 55.8 Å². The van der Waals surface area contributed by atoms with Crippen LogP contribution in [0.5, 0.6) is 0 Å². The smallest absolute Gasteiger partial charge is 0.361 e. The van der Waals surface area contributed by atoms with Gasteiger partial charge in [0.1, 0.15) is 0 Å². The van der Waals surface area contributed by atoms with Crippen molar-refractivity contribution in [2.24, 2.45) is 0 Å². The molecule has 0 aromatic carbocycles. The van der Waals surface area contributed by atoms with Gasteiger partial charge in [0.2, 0.25) is 0 Å². The van der Waals surface area contributed by atoms with Crippen molar-refractivity contribution in [3.63, 3.8) is 0 Å². The average Bonchev–Trinajstić information content (AvgIpc) is 1.73. The molecule has 0 amide bonds. The molecule has 0 aliphatic carbocycles. The van der Waals surface area contributed by atoms with Crippen molar-refractivity contribution in [2.45, 2.75) is 12.3 Å². The molecule has 10 heavy (non-hydrogen) atoms. The summed E-state index contributed by atoms with van der Waals surface area (Å²) in [6, 6.07) is 0. The van der Waals surface area contributed by atoms with Gasteiger partial charge in [-0.3, -0.25) is 0 Å². The maximum absolute atomic E-state index is 10.1. The lowest BCUT2D eigenvalue weighted by Gasteiger charge is -2.10. The minimum absolute atomic E-state index is 2.29. The van der Waals surface area contributed by atoms with E-state index in [4.69, 9.17) is 15.3 Å². The molecule has 1 saturated heterocycles. The summed E-state index contributed by atoms with van der Waals surface area (Å²) in [5.74, 6) is -3.17. The molecular formula is C2H4O7S. The van der Waals surface area contributed by atoms with E-state index in [1.165, 1.54) is 0 Å². The Balaban J connectivity index is 2.92. The molecule has 1 aliphatic heterocycles. The SMILES string of the molecule is O=S1(=O)OC(O)C(O)(O)O1. The second-order valence-corrected chi connectivity index (χ2v) is 2.77. The third-order valence-electron chi connectivity index (χ3n) is 0.755. The van der Waals surface area contributed by atoms with Crippen LogP contribution in [0.15, 0.2) is 0 Å². The van der Waals surface area contributed by atoms with Crippen LogP contribution in [0.25, 0.3) is 0 Å². The third-order valence-corrected chi connectivity index (χ3v) is 1.62. The lowest BCUT2D eigenvalue weighted by atomic mass is 10.5. The highest BCUT2D eigenvalue weighted by atomic mass is 32.3. The maximum atomic E-state index is 10.1. The van der Waals surface area contributed by atoms with E-state index in [2.05, 4.69) is 8.37 Å². The van der Waals surface area contributed by atoms with Gasteiger partial charge in [-0.05, 0) is 0 Å². The monoisotopic (exact) mass is 172 g/mol. The van der Waals surface area contributed by atoms with E-state index in [0.29, 0.717) is 0 Å². The van der Waals surface area contributed by atoms with Crippen LogP contribution in [0.3, 0.4) is 0 Å². The van der Waals surface area contributed by atoms with Crippen LogP contribution in [0.1, 0.15) is 0 Å². The maximum Gasteiger partial charge on any atom is 0.407 e. The molecule has 1 heterocycles. The lowest BCUT2D eigenvalue weighted by Crippen LogP contribution is -2.38. The van der Waals surface area contributed by atoms with E-state index in [-0.39, 0.29) is 0 Å².